The monoisotopic (exact) mass is 270 g/mol. The van der Waals surface area contributed by atoms with Gasteiger partial charge in [0, 0.05) is 6.20 Å². The van der Waals surface area contributed by atoms with Crippen molar-refractivity contribution >= 4 is 5.91 Å². The Morgan fingerprint density at radius 2 is 2.00 bits per heavy atom. The van der Waals surface area contributed by atoms with E-state index in [1.807, 2.05) is 44.2 Å². The Labute approximate surface area is 118 Å². The summed E-state index contributed by atoms with van der Waals surface area (Å²) in [4.78, 5) is 16.4. The molecule has 0 radical (unpaired) electrons. The molecule has 1 aromatic heterocycles. The van der Waals surface area contributed by atoms with Gasteiger partial charge in [-0.3, -0.25) is 4.79 Å². The number of carbonyl (C=O) groups is 1. The van der Waals surface area contributed by atoms with Gasteiger partial charge < -0.3 is 10.1 Å². The smallest absolute Gasteiger partial charge is 0.257 e. The van der Waals surface area contributed by atoms with Crippen LogP contribution in [0, 0.1) is 0 Å². The van der Waals surface area contributed by atoms with E-state index in [1.165, 1.54) is 0 Å². The van der Waals surface area contributed by atoms with Crippen LogP contribution in [-0.4, -0.2) is 17.5 Å². The summed E-state index contributed by atoms with van der Waals surface area (Å²) in [5.74, 6) is 0.186. The Morgan fingerprint density at radius 3 is 2.70 bits per heavy atom. The number of pyridine rings is 1. The molecule has 0 saturated carbocycles. The van der Waals surface area contributed by atoms with E-state index in [2.05, 4.69) is 10.3 Å². The summed E-state index contributed by atoms with van der Waals surface area (Å²) in [6.07, 6.45) is 1.61. The number of ether oxygens (including phenoxy) is 1. The third kappa shape index (κ3) is 3.35. The molecule has 0 spiro atoms. The maximum absolute atomic E-state index is 12.3. The van der Waals surface area contributed by atoms with E-state index in [4.69, 9.17) is 4.74 Å². The maximum Gasteiger partial charge on any atom is 0.257 e. The molecule has 4 heteroatoms. The first kappa shape index (κ1) is 14.1. The second kappa shape index (κ2) is 6.70. The number of benzene rings is 1. The van der Waals surface area contributed by atoms with Gasteiger partial charge in [-0.05, 0) is 31.5 Å². The van der Waals surface area contributed by atoms with Gasteiger partial charge in [-0.15, -0.1) is 0 Å². The van der Waals surface area contributed by atoms with E-state index in [0.717, 1.165) is 5.56 Å². The van der Waals surface area contributed by atoms with Crippen LogP contribution in [0.3, 0.4) is 0 Å². The minimum Gasteiger partial charge on any atom is -0.477 e. The van der Waals surface area contributed by atoms with Crippen LogP contribution in [0.5, 0.6) is 5.88 Å². The lowest BCUT2D eigenvalue weighted by atomic mass is 10.1. The van der Waals surface area contributed by atoms with Gasteiger partial charge in [-0.2, -0.15) is 0 Å². The molecule has 0 bridgehead atoms. The quantitative estimate of drug-likeness (QED) is 0.908. The molecule has 20 heavy (non-hydrogen) atoms. The molecule has 1 N–H and O–H groups in total. The van der Waals surface area contributed by atoms with E-state index in [9.17, 15) is 4.79 Å². The summed E-state index contributed by atoms with van der Waals surface area (Å²) in [5.41, 5.74) is 1.51. The molecule has 0 unspecified atom stereocenters. The van der Waals surface area contributed by atoms with Gasteiger partial charge in [0.2, 0.25) is 5.88 Å². The molecular weight excluding hydrogens is 252 g/mol. The van der Waals surface area contributed by atoms with Crippen molar-refractivity contribution in [3.05, 3.63) is 59.8 Å². The highest BCUT2D eigenvalue weighted by atomic mass is 16.5. The number of nitrogens with one attached hydrogen (secondary N) is 1. The number of rotatable bonds is 5. The Bertz CT molecular complexity index is 570. The third-order valence-corrected chi connectivity index (χ3v) is 2.94. The van der Waals surface area contributed by atoms with Crippen molar-refractivity contribution < 1.29 is 9.53 Å². The van der Waals surface area contributed by atoms with Crippen molar-refractivity contribution in [1.29, 1.82) is 0 Å². The number of hydrogen-bond acceptors (Lipinski definition) is 3. The largest absolute Gasteiger partial charge is 0.477 e. The van der Waals surface area contributed by atoms with Gasteiger partial charge in [0.15, 0.2) is 0 Å². The lowest BCUT2D eigenvalue weighted by Gasteiger charge is -2.15. The number of aromatic nitrogens is 1. The van der Waals surface area contributed by atoms with Gasteiger partial charge in [0.05, 0.1) is 12.6 Å². The standard InChI is InChI=1S/C16H18N2O2/c1-3-20-16-14(10-7-11-17-16)15(19)18-12(2)13-8-5-4-6-9-13/h4-12H,3H2,1-2H3,(H,18,19)/t12-/m0/s1. The van der Waals surface area contributed by atoms with Crippen LogP contribution in [-0.2, 0) is 0 Å². The van der Waals surface area contributed by atoms with Crippen LogP contribution in [0.2, 0.25) is 0 Å². The summed E-state index contributed by atoms with van der Waals surface area (Å²) in [7, 11) is 0. The van der Waals surface area contributed by atoms with Crippen LogP contribution in [0.1, 0.15) is 35.8 Å². The Balaban J connectivity index is 2.12. The Hall–Kier alpha value is -2.36. The summed E-state index contributed by atoms with van der Waals surface area (Å²) < 4.78 is 5.37. The van der Waals surface area contributed by atoms with Crippen LogP contribution in [0.25, 0.3) is 0 Å². The molecule has 0 aliphatic heterocycles. The molecule has 0 fully saturated rings. The van der Waals surface area contributed by atoms with E-state index < -0.39 is 0 Å². The van der Waals surface area contributed by atoms with E-state index in [-0.39, 0.29) is 11.9 Å². The SMILES string of the molecule is CCOc1ncccc1C(=O)N[C@@H](C)c1ccccc1. The predicted molar refractivity (Wildman–Crippen MR) is 77.7 cm³/mol. The maximum atomic E-state index is 12.3. The molecule has 1 atom stereocenters. The van der Waals surface area contributed by atoms with Gasteiger partial charge in [-0.1, -0.05) is 30.3 Å². The summed E-state index contributed by atoms with van der Waals surface area (Å²) in [5, 5.41) is 2.95. The fourth-order valence-electron chi connectivity index (χ4n) is 1.91. The molecule has 0 saturated heterocycles. The average Bonchev–Trinajstić information content (AvgIpc) is 2.49. The van der Waals surface area contributed by atoms with Crippen molar-refractivity contribution in [1.82, 2.24) is 10.3 Å². The van der Waals surface area contributed by atoms with Gasteiger partial charge in [0.25, 0.3) is 5.91 Å². The molecule has 4 nitrogen and oxygen atoms in total. The predicted octanol–water partition coefficient (Wildman–Crippen LogP) is 2.97. The zero-order valence-corrected chi connectivity index (χ0v) is 11.7. The van der Waals surface area contributed by atoms with Crippen molar-refractivity contribution in [3.8, 4) is 5.88 Å². The van der Waals surface area contributed by atoms with E-state index in [1.54, 1.807) is 18.3 Å². The normalized spacial score (nSPS) is 11.7. The molecule has 2 rings (SSSR count). The van der Waals surface area contributed by atoms with Gasteiger partial charge in [0.1, 0.15) is 5.56 Å². The van der Waals surface area contributed by atoms with E-state index in [0.29, 0.717) is 18.1 Å². The second-order valence-corrected chi connectivity index (χ2v) is 4.39. The Kier molecular flexibility index (Phi) is 4.71. The lowest BCUT2D eigenvalue weighted by molar-refractivity contribution is 0.0935. The molecule has 2 aromatic rings. The van der Waals surface area contributed by atoms with Crippen molar-refractivity contribution in [3.63, 3.8) is 0 Å². The minimum atomic E-state index is -0.182. The first-order valence-electron chi connectivity index (χ1n) is 6.66. The fourth-order valence-corrected chi connectivity index (χ4v) is 1.91. The second-order valence-electron chi connectivity index (χ2n) is 4.39. The van der Waals surface area contributed by atoms with Crippen molar-refractivity contribution in [2.45, 2.75) is 19.9 Å². The topological polar surface area (TPSA) is 51.2 Å². The Morgan fingerprint density at radius 1 is 1.25 bits per heavy atom. The summed E-state index contributed by atoms with van der Waals surface area (Å²) in [6.45, 7) is 4.29. The highest BCUT2D eigenvalue weighted by Crippen LogP contribution is 2.17. The molecule has 1 heterocycles. The lowest BCUT2D eigenvalue weighted by Crippen LogP contribution is -2.27. The average molecular weight is 270 g/mol. The first-order chi connectivity index (χ1) is 9.72. The highest BCUT2D eigenvalue weighted by molar-refractivity contribution is 5.96. The summed E-state index contributed by atoms with van der Waals surface area (Å²) in [6, 6.07) is 13.2. The van der Waals surface area contributed by atoms with Gasteiger partial charge >= 0.3 is 0 Å². The molecule has 1 aromatic carbocycles. The van der Waals surface area contributed by atoms with Crippen LogP contribution < -0.4 is 10.1 Å². The van der Waals surface area contributed by atoms with Crippen molar-refractivity contribution in [2.75, 3.05) is 6.61 Å². The molecule has 0 aliphatic carbocycles. The van der Waals surface area contributed by atoms with Crippen LogP contribution >= 0.6 is 0 Å². The molecular formula is C16H18N2O2. The zero-order valence-electron chi connectivity index (χ0n) is 11.7. The van der Waals surface area contributed by atoms with Crippen LogP contribution in [0.4, 0.5) is 0 Å². The zero-order chi connectivity index (χ0) is 14.4. The molecule has 0 aliphatic rings. The van der Waals surface area contributed by atoms with Gasteiger partial charge in [-0.25, -0.2) is 4.98 Å². The summed E-state index contributed by atoms with van der Waals surface area (Å²) >= 11 is 0. The first-order valence-corrected chi connectivity index (χ1v) is 6.66. The molecule has 1 amide bonds. The van der Waals surface area contributed by atoms with Crippen LogP contribution in [0.15, 0.2) is 48.7 Å². The van der Waals surface area contributed by atoms with E-state index >= 15 is 0 Å². The number of hydrogen-bond donors (Lipinski definition) is 1. The number of nitrogens with zero attached hydrogens (tertiary/aromatic N) is 1. The van der Waals surface area contributed by atoms with Crippen molar-refractivity contribution in [2.24, 2.45) is 0 Å². The third-order valence-electron chi connectivity index (χ3n) is 2.94. The fraction of sp³-hybridized carbons (Fsp3) is 0.250. The number of amides is 1. The number of carbonyl (C=O) groups excluding carboxylic acids is 1. The molecule has 104 valence electrons. The highest BCUT2D eigenvalue weighted by Gasteiger charge is 2.16. The minimum absolute atomic E-state index is 0.0709.